The molecule has 0 aliphatic rings. The molecule has 26 heavy (non-hydrogen) atoms. The van der Waals surface area contributed by atoms with Crippen LogP contribution in [-0.2, 0) is 19.1 Å². The van der Waals surface area contributed by atoms with Crippen LogP contribution in [0.15, 0.2) is 12.2 Å². The molecule has 0 atom stereocenters. The lowest BCUT2D eigenvalue weighted by Crippen LogP contribution is -2.06. The van der Waals surface area contributed by atoms with Gasteiger partial charge in [0, 0.05) is 12.2 Å². The Morgan fingerprint density at radius 3 is 1.19 bits per heavy atom. The maximum atomic E-state index is 11.5. The molecule has 152 valence electrons. The maximum Gasteiger partial charge on any atom is 0.331 e. The third-order valence-electron chi connectivity index (χ3n) is 4.34. The molecule has 0 saturated heterocycles. The molecule has 0 aromatic rings. The summed E-state index contributed by atoms with van der Waals surface area (Å²) in [6.07, 6.45) is 18.9. The van der Waals surface area contributed by atoms with E-state index in [0.29, 0.717) is 13.2 Å². The predicted octanol–water partition coefficient (Wildman–Crippen LogP) is 6.13. The average Bonchev–Trinajstić information content (AvgIpc) is 2.64. The number of hydrogen-bond donors (Lipinski definition) is 0. The summed E-state index contributed by atoms with van der Waals surface area (Å²) >= 11 is 0. The second-order valence-electron chi connectivity index (χ2n) is 6.91. The molecule has 0 aliphatic heterocycles. The first-order valence-corrected chi connectivity index (χ1v) is 10.7. The lowest BCUT2D eigenvalue weighted by atomic mass is 10.1. The zero-order valence-electron chi connectivity index (χ0n) is 17.1. The first-order valence-electron chi connectivity index (χ1n) is 10.7. The van der Waals surface area contributed by atoms with E-state index in [2.05, 4.69) is 13.8 Å². The fourth-order valence-corrected chi connectivity index (χ4v) is 2.70. The number of esters is 2. The average molecular weight is 369 g/mol. The molecular weight excluding hydrogens is 328 g/mol. The van der Waals surface area contributed by atoms with Crippen LogP contribution in [0.1, 0.15) is 104 Å². The molecule has 0 aromatic heterocycles. The number of rotatable bonds is 18. The molecule has 0 fully saturated rings. The van der Waals surface area contributed by atoms with Crippen molar-refractivity contribution in [2.24, 2.45) is 0 Å². The van der Waals surface area contributed by atoms with Crippen LogP contribution in [0.5, 0.6) is 0 Å². The van der Waals surface area contributed by atoms with Crippen LogP contribution < -0.4 is 0 Å². The summed E-state index contributed by atoms with van der Waals surface area (Å²) in [5, 5.41) is 0. The van der Waals surface area contributed by atoms with Gasteiger partial charge in [-0.3, -0.25) is 0 Å². The van der Waals surface area contributed by atoms with Crippen molar-refractivity contribution >= 4 is 11.9 Å². The van der Waals surface area contributed by atoms with Crippen molar-refractivity contribution in [1.29, 1.82) is 0 Å². The number of ether oxygens (including phenoxy) is 2. The van der Waals surface area contributed by atoms with Crippen LogP contribution in [-0.4, -0.2) is 25.2 Å². The third kappa shape index (κ3) is 19.0. The highest BCUT2D eigenvalue weighted by atomic mass is 16.5. The monoisotopic (exact) mass is 368 g/mol. The lowest BCUT2D eigenvalue weighted by Gasteiger charge is -2.03. The highest BCUT2D eigenvalue weighted by Crippen LogP contribution is 2.08. The van der Waals surface area contributed by atoms with Gasteiger partial charge in [0.25, 0.3) is 0 Å². The van der Waals surface area contributed by atoms with Gasteiger partial charge in [0.05, 0.1) is 13.2 Å². The molecule has 0 aromatic carbocycles. The van der Waals surface area contributed by atoms with Gasteiger partial charge in [-0.25, -0.2) is 9.59 Å². The van der Waals surface area contributed by atoms with Gasteiger partial charge in [-0.15, -0.1) is 0 Å². The molecule has 4 heteroatoms. The minimum absolute atomic E-state index is 0.421. The summed E-state index contributed by atoms with van der Waals surface area (Å²) in [6, 6.07) is 0. The Bertz CT molecular complexity index is 329. The second kappa shape index (κ2) is 20.0. The standard InChI is InChI=1S/C22H40O4/c1-3-5-7-9-11-13-15-19-25-21(23)17-18-22(24)26-20-16-14-12-10-8-6-4-2/h17-18H,3-16,19-20H2,1-2H3. The van der Waals surface area contributed by atoms with E-state index < -0.39 is 11.9 Å². The summed E-state index contributed by atoms with van der Waals surface area (Å²) in [6.45, 7) is 5.25. The Hall–Kier alpha value is -1.32. The number of carbonyl (C=O) groups excluding carboxylic acids is 2. The van der Waals surface area contributed by atoms with Crippen molar-refractivity contribution in [2.75, 3.05) is 13.2 Å². The van der Waals surface area contributed by atoms with Gasteiger partial charge in [-0.2, -0.15) is 0 Å². The Morgan fingerprint density at radius 1 is 0.538 bits per heavy atom. The van der Waals surface area contributed by atoms with Crippen molar-refractivity contribution < 1.29 is 19.1 Å². The summed E-state index contributed by atoms with van der Waals surface area (Å²) < 4.78 is 10.2. The van der Waals surface area contributed by atoms with E-state index in [-0.39, 0.29) is 0 Å². The molecule has 0 amide bonds. The van der Waals surface area contributed by atoms with E-state index >= 15 is 0 Å². The van der Waals surface area contributed by atoms with Crippen LogP contribution in [0.4, 0.5) is 0 Å². The van der Waals surface area contributed by atoms with Crippen LogP contribution in [0.3, 0.4) is 0 Å². The molecule has 0 aliphatic carbocycles. The topological polar surface area (TPSA) is 52.6 Å². The molecule has 0 radical (unpaired) electrons. The van der Waals surface area contributed by atoms with Crippen molar-refractivity contribution in [1.82, 2.24) is 0 Å². The molecule has 0 rings (SSSR count). The summed E-state index contributed by atoms with van der Waals surface area (Å²) in [5.74, 6) is -0.937. The molecule has 0 bridgehead atoms. The largest absolute Gasteiger partial charge is 0.463 e. The highest BCUT2D eigenvalue weighted by molar-refractivity contribution is 5.91. The first kappa shape index (κ1) is 24.7. The predicted molar refractivity (Wildman–Crippen MR) is 107 cm³/mol. The number of hydrogen-bond acceptors (Lipinski definition) is 4. The minimum atomic E-state index is -0.469. The Labute approximate surface area is 160 Å². The van der Waals surface area contributed by atoms with Crippen LogP contribution >= 0.6 is 0 Å². The van der Waals surface area contributed by atoms with Crippen molar-refractivity contribution in [3.8, 4) is 0 Å². The zero-order chi connectivity index (χ0) is 19.3. The van der Waals surface area contributed by atoms with Gasteiger partial charge in [-0.1, -0.05) is 90.9 Å². The highest BCUT2D eigenvalue weighted by Gasteiger charge is 2.01. The Morgan fingerprint density at radius 2 is 0.846 bits per heavy atom. The van der Waals surface area contributed by atoms with Crippen LogP contribution in [0, 0.1) is 0 Å². The molecule has 0 saturated carbocycles. The van der Waals surface area contributed by atoms with Gasteiger partial charge in [0.1, 0.15) is 0 Å². The lowest BCUT2D eigenvalue weighted by molar-refractivity contribution is -0.140. The van der Waals surface area contributed by atoms with Gasteiger partial charge in [0.15, 0.2) is 0 Å². The first-order chi connectivity index (χ1) is 12.7. The quantitative estimate of drug-likeness (QED) is 0.166. The second-order valence-corrected chi connectivity index (χ2v) is 6.91. The van der Waals surface area contributed by atoms with Gasteiger partial charge in [-0.05, 0) is 12.8 Å². The van der Waals surface area contributed by atoms with Gasteiger partial charge in [0.2, 0.25) is 0 Å². The molecule has 0 heterocycles. The summed E-state index contributed by atoms with van der Waals surface area (Å²) in [4.78, 5) is 23.0. The summed E-state index contributed by atoms with van der Waals surface area (Å²) in [7, 11) is 0. The molecule has 0 N–H and O–H groups in total. The normalized spacial score (nSPS) is 11.0. The van der Waals surface area contributed by atoms with E-state index in [1.54, 1.807) is 0 Å². The smallest absolute Gasteiger partial charge is 0.331 e. The van der Waals surface area contributed by atoms with Gasteiger partial charge >= 0.3 is 11.9 Å². The SMILES string of the molecule is CCCCCCCCCOC(=O)C=CC(=O)OCCCCCCCCC. The number of unbranched alkanes of at least 4 members (excludes halogenated alkanes) is 12. The van der Waals surface area contributed by atoms with Crippen LogP contribution in [0.2, 0.25) is 0 Å². The van der Waals surface area contributed by atoms with E-state index in [4.69, 9.17) is 9.47 Å². The van der Waals surface area contributed by atoms with E-state index in [0.717, 1.165) is 37.8 Å². The van der Waals surface area contributed by atoms with E-state index in [9.17, 15) is 9.59 Å². The summed E-state index contributed by atoms with van der Waals surface area (Å²) in [5.41, 5.74) is 0. The molecule has 0 unspecified atom stereocenters. The molecule has 4 nitrogen and oxygen atoms in total. The van der Waals surface area contributed by atoms with E-state index in [1.807, 2.05) is 0 Å². The number of carbonyl (C=O) groups is 2. The Kier molecular flexibility index (Phi) is 19.0. The van der Waals surface area contributed by atoms with Gasteiger partial charge < -0.3 is 9.47 Å². The van der Waals surface area contributed by atoms with E-state index in [1.165, 1.54) is 64.2 Å². The minimum Gasteiger partial charge on any atom is -0.463 e. The fourth-order valence-electron chi connectivity index (χ4n) is 2.70. The maximum absolute atomic E-state index is 11.5. The third-order valence-corrected chi connectivity index (χ3v) is 4.34. The zero-order valence-corrected chi connectivity index (χ0v) is 17.1. The fraction of sp³-hybridized carbons (Fsp3) is 0.818. The van der Waals surface area contributed by atoms with Crippen LogP contribution in [0.25, 0.3) is 0 Å². The van der Waals surface area contributed by atoms with Crippen molar-refractivity contribution in [3.63, 3.8) is 0 Å². The Balaban J connectivity index is 3.45. The van der Waals surface area contributed by atoms with Crippen molar-refractivity contribution in [2.45, 2.75) is 104 Å². The van der Waals surface area contributed by atoms with Crippen molar-refractivity contribution in [3.05, 3.63) is 12.2 Å². The molecular formula is C22H40O4. The molecule has 0 spiro atoms.